The van der Waals surface area contributed by atoms with Gasteiger partial charge in [0.05, 0.1) is 46.9 Å². The molecule has 0 aromatic carbocycles. The van der Waals surface area contributed by atoms with Gasteiger partial charge in [-0.3, -0.25) is 29.4 Å². The van der Waals surface area contributed by atoms with E-state index in [1.54, 1.807) is 24.0 Å². The molecule has 1 aliphatic carbocycles. The number of ether oxygens (including phenoxy) is 2. The SMILES string of the molecule is CCCC(C(=O)NC=O)c1ccnc(N2CCC(CN3CCN(C(=O)C4CCC(C(=O)NCCOc5ncc(Cl)cc5NC(=O)Nc5cnc6cc(C)nn6c5[C@H](C)OC)CC4)CC3)CC2)c1. The minimum Gasteiger partial charge on any atom is -0.474 e. The lowest BCUT2D eigenvalue weighted by Crippen LogP contribution is -2.52. The van der Waals surface area contributed by atoms with Gasteiger partial charge in [-0.05, 0) is 88.5 Å². The Morgan fingerprint density at radius 1 is 0.910 bits per heavy atom. The van der Waals surface area contributed by atoms with Crippen LogP contribution >= 0.6 is 11.6 Å². The third-order valence-electron chi connectivity index (χ3n) is 13.2. The summed E-state index contributed by atoms with van der Waals surface area (Å²) >= 11 is 6.23. The Balaban J connectivity index is 0.795. The average molecular weight is 944 g/mol. The average Bonchev–Trinajstić information content (AvgIpc) is 3.72. The number of methoxy groups -OCH3 is 1. The largest absolute Gasteiger partial charge is 0.474 e. The van der Waals surface area contributed by atoms with Gasteiger partial charge in [0.25, 0.3) is 0 Å². The summed E-state index contributed by atoms with van der Waals surface area (Å²) < 4.78 is 13.1. The summed E-state index contributed by atoms with van der Waals surface area (Å²) in [5.41, 5.74) is 3.53. The number of hydrogen-bond donors (Lipinski definition) is 4. The first-order chi connectivity index (χ1) is 32.4. The van der Waals surface area contributed by atoms with Crippen LogP contribution in [0.4, 0.5) is 22.0 Å². The van der Waals surface area contributed by atoms with Gasteiger partial charge in [-0.1, -0.05) is 24.9 Å². The van der Waals surface area contributed by atoms with Gasteiger partial charge in [-0.2, -0.15) is 5.10 Å². The minimum absolute atomic E-state index is 0.0692. The number of fused-ring (bicyclic) bond motifs is 1. The topological polar surface area (TPSA) is 218 Å². The van der Waals surface area contributed by atoms with Crippen LogP contribution in [0.5, 0.6) is 5.88 Å². The highest BCUT2D eigenvalue weighted by molar-refractivity contribution is 6.30. The molecule has 0 radical (unpaired) electrons. The molecule has 0 bridgehead atoms. The van der Waals surface area contributed by atoms with Gasteiger partial charge in [0.2, 0.25) is 30.0 Å². The zero-order chi connectivity index (χ0) is 47.5. The first-order valence-corrected chi connectivity index (χ1v) is 23.8. The molecule has 6 amide bonds. The molecule has 20 heteroatoms. The van der Waals surface area contributed by atoms with E-state index in [-0.39, 0.29) is 60.2 Å². The quantitative estimate of drug-likeness (QED) is 0.0732. The standard InChI is InChI=1S/C47H63ClN12O7/c1-5-6-37(44(63)53-29-61)35-11-14-49-40(24-35)58-16-12-32(13-17-58)28-57-18-20-59(21-19-57)46(64)34-9-7-33(8-10-34)43(62)50-15-22-67-45-38(25-36(48)26-52-45)54-47(65)55-39-27-51-41-23-30(2)56-60(41)42(39)31(3)66-4/h11,14,23-27,29,31-34,37H,5-10,12-13,15-22,28H2,1-4H3,(H,50,62)(H,53,61,63)(H2,54,55,65)/t31-,33?,34?,37?/m0/s1. The Morgan fingerprint density at radius 3 is 2.36 bits per heavy atom. The van der Waals surface area contributed by atoms with Crippen LogP contribution in [-0.2, 0) is 23.9 Å². The maximum atomic E-state index is 13.6. The highest BCUT2D eigenvalue weighted by Crippen LogP contribution is 2.32. The number of anilines is 3. The van der Waals surface area contributed by atoms with Crippen molar-refractivity contribution in [1.82, 2.24) is 45.0 Å². The molecule has 0 spiro atoms. The number of carbonyl (C=O) groups excluding carboxylic acids is 5. The number of pyridine rings is 2. The van der Waals surface area contributed by atoms with Crippen molar-refractivity contribution in [3.8, 4) is 5.88 Å². The lowest BCUT2D eigenvalue weighted by molar-refractivity contribution is -0.140. The summed E-state index contributed by atoms with van der Waals surface area (Å²) in [7, 11) is 1.57. The predicted molar refractivity (Wildman–Crippen MR) is 253 cm³/mol. The van der Waals surface area contributed by atoms with Gasteiger partial charge >= 0.3 is 6.03 Å². The third-order valence-corrected chi connectivity index (χ3v) is 13.4. The first-order valence-electron chi connectivity index (χ1n) is 23.4. The number of hydrogen-bond acceptors (Lipinski definition) is 13. The zero-order valence-corrected chi connectivity index (χ0v) is 39.6. The molecule has 6 heterocycles. The van der Waals surface area contributed by atoms with Crippen molar-refractivity contribution in [3.63, 3.8) is 0 Å². The molecule has 7 rings (SSSR count). The number of aromatic nitrogens is 5. The number of nitrogens with zero attached hydrogens (tertiary/aromatic N) is 8. The third kappa shape index (κ3) is 12.5. The molecule has 1 saturated carbocycles. The van der Waals surface area contributed by atoms with Crippen LogP contribution in [0.1, 0.15) is 94.2 Å². The van der Waals surface area contributed by atoms with Gasteiger partial charge < -0.3 is 35.2 Å². The Labute approximate surface area is 396 Å². The normalized spacial score (nSPS) is 19.1. The van der Waals surface area contributed by atoms with Crippen molar-refractivity contribution < 1.29 is 33.4 Å². The molecule has 2 aliphatic heterocycles. The van der Waals surface area contributed by atoms with E-state index < -0.39 is 12.1 Å². The molecule has 19 nitrogen and oxygen atoms in total. The van der Waals surface area contributed by atoms with Crippen LogP contribution in [0.15, 0.2) is 42.9 Å². The van der Waals surface area contributed by atoms with Crippen LogP contribution in [0, 0.1) is 24.7 Å². The van der Waals surface area contributed by atoms with Gasteiger partial charge in [-0.15, -0.1) is 0 Å². The number of piperazine rings is 1. The molecule has 4 aromatic heterocycles. The maximum absolute atomic E-state index is 13.6. The molecule has 360 valence electrons. The van der Waals surface area contributed by atoms with E-state index in [0.717, 1.165) is 69.1 Å². The van der Waals surface area contributed by atoms with E-state index in [4.69, 9.17) is 21.1 Å². The molecule has 3 aliphatic rings. The molecule has 67 heavy (non-hydrogen) atoms. The summed E-state index contributed by atoms with van der Waals surface area (Å²) in [6.45, 7) is 12.0. The number of imide groups is 1. The van der Waals surface area contributed by atoms with E-state index in [1.807, 2.05) is 43.9 Å². The van der Waals surface area contributed by atoms with Crippen molar-refractivity contribution in [2.75, 3.05) is 81.6 Å². The maximum Gasteiger partial charge on any atom is 0.323 e. The highest BCUT2D eigenvalue weighted by Gasteiger charge is 2.34. The zero-order valence-electron chi connectivity index (χ0n) is 38.8. The molecule has 3 fully saturated rings. The van der Waals surface area contributed by atoms with Crippen molar-refractivity contribution in [2.24, 2.45) is 17.8 Å². The second-order valence-electron chi connectivity index (χ2n) is 17.7. The minimum atomic E-state index is -0.584. The molecule has 4 N–H and O–H groups in total. The summed E-state index contributed by atoms with van der Waals surface area (Å²) in [6.07, 6.45) is 11.0. The number of rotatable bonds is 18. The number of nitrogens with one attached hydrogen (secondary N) is 4. The van der Waals surface area contributed by atoms with Gasteiger partial charge in [0.1, 0.15) is 18.1 Å². The van der Waals surface area contributed by atoms with E-state index in [1.165, 1.54) is 12.3 Å². The number of aryl methyl sites for hydroxylation is 1. The molecule has 2 saturated heterocycles. The van der Waals surface area contributed by atoms with Crippen LogP contribution in [0.3, 0.4) is 0 Å². The van der Waals surface area contributed by atoms with Gasteiger partial charge in [0.15, 0.2) is 5.65 Å². The number of amides is 6. The van der Waals surface area contributed by atoms with Gasteiger partial charge in [0, 0.05) is 83.2 Å². The molecular weight excluding hydrogens is 880 g/mol. The first kappa shape index (κ1) is 49.0. The number of urea groups is 1. The predicted octanol–water partition coefficient (Wildman–Crippen LogP) is 5.35. The molecule has 4 aromatic rings. The number of halogens is 1. The summed E-state index contributed by atoms with van der Waals surface area (Å²) in [4.78, 5) is 83.6. The Hall–Kier alpha value is -5.92. The smallest absolute Gasteiger partial charge is 0.323 e. The monoisotopic (exact) mass is 942 g/mol. The fourth-order valence-corrected chi connectivity index (χ4v) is 9.64. The van der Waals surface area contributed by atoms with Crippen molar-refractivity contribution in [2.45, 2.75) is 84.2 Å². The Bertz CT molecular complexity index is 2360. The fraction of sp³-hybridized carbons (Fsp3) is 0.553. The van der Waals surface area contributed by atoms with Crippen molar-refractivity contribution >= 4 is 64.6 Å². The van der Waals surface area contributed by atoms with Crippen LogP contribution in [0.25, 0.3) is 5.65 Å². The molecule has 1 unspecified atom stereocenters. The number of carbonyl (C=O) groups is 5. The van der Waals surface area contributed by atoms with E-state index in [9.17, 15) is 24.0 Å². The van der Waals surface area contributed by atoms with Crippen LogP contribution in [0.2, 0.25) is 5.02 Å². The molecule has 2 atom stereocenters. The van der Waals surface area contributed by atoms with Crippen LogP contribution in [-0.4, -0.2) is 131 Å². The van der Waals surface area contributed by atoms with Gasteiger partial charge in [-0.25, -0.2) is 24.3 Å². The second kappa shape index (κ2) is 23.2. The summed E-state index contributed by atoms with van der Waals surface area (Å²) in [5.74, 6) is 0.765. The van der Waals surface area contributed by atoms with E-state index >= 15 is 0 Å². The Kier molecular flexibility index (Phi) is 17.0. The summed E-state index contributed by atoms with van der Waals surface area (Å²) in [5, 5.41) is 15.7. The second-order valence-corrected chi connectivity index (χ2v) is 18.2. The number of piperidine rings is 1. The summed E-state index contributed by atoms with van der Waals surface area (Å²) in [6, 6.07) is 6.63. The van der Waals surface area contributed by atoms with Crippen molar-refractivity contribution in [1.29, 1.82) is 0 Å². The van der Waals surface area contributed by atoms with E-state index in [2.05, 4.69) is 51.1 Å². The van der Waals surface area contributed by atoms with Crippen LogP contribution < -0.4 is 30.9 Å². The Morgan fingerprint density at radius 2 is 1.64 bits per heavy atom. The highest BCUT2D eigenvalue weighted by atomic mass is 35.5. The fourth-order valence-electron chi connectivity index (χ4n) is 9.48. The van der Waals surface area contributed by atoms with Crippen molar-refractivity contribution in [3.05, 3.63) is 64.8 Å². The lowest BCUT2D eigenvalue weighted by Gasteiger charge is -2.40. The van der Waals surface area contributed by atoms with E-state index in [0.29, 0.717) is 79.6 Å². The molecular formula is C47H63ClN12O7. The lowest BCUT2D eigenvalue weighted by atomic mass is 9.81.